The summed E-state index contributed by atoms with van der Waals surface area (Å²) in [4.78, 5) is 19.9. The molecule has 2 fully saturated rings. The number of halogens is 2. The van der Waals surface area contributed by atoms with Crippen molar-refractivity contribution >= 4 is 11.6 Å². The van der Waals surface area contributed by atoms with Crippen molar-refractivity contribution in [2.24, 2.45) is 0 Å². The van der Waals surface area contributed by atoms with E-state index in [0.29, 0.717) is 41.0 Å². The van der Waals surface area contributed by atoms with Crippen molar-refractivity contribution < 1.29 is 13.6 Å². The van der Waals surface area contributed by atoms with Crippen LogP contribution in [0.15, 0.2) is 54.9 Å². The zero-order chi connectivity index (χ0) is 24.6. The summed E-state index contributed by atoms with van der Waals surface area (Å²) >= 11 is 0. The van der Waals surface area contributed by atoms with Crippen LogP contribution in [-0.2, 0) is 0 Å². The summed E-state index contributed by atoms with van der Waals surface area (Å²) in [7, 11) is 0. The second-order valence-electron chi connectivity index (χ2n) is 9.30. The molecule has 0 aliphatic carbocycles. The number of hydrogen-bond acceptors (Lipinski definition) is 5. The number of pyridine rings is 1. The number of hydrogen-bond donors (Lipinski definition) is 2. The smallest absolute Gasteiger partial charge is 0.255 e. The summed E-state index contributed by atoms with van der Waals surface area (Å²) in [5.41, 5.74) is 3.11. The molecule has 2 N–H and O–H groups in total. The van der Waals surface area contributed by atoms with E-state index >= 15 is 0 Å². The molecular weight excluding hydrogens is 448 g/mol. The van der Waals surface area contributed by atoms with Crippen LogP contribution in [0.2, 0.25) is 0 Å². The van der Waals surface area contributed by atoms with Crippen molar-refractivity contribution in [2.45, 2.75) is 31.3 Å². The SMILES string of the molecule is C[C@@H](NC(=O)c1cncc(-c2cc(F)cc(F)c2)c1N1CCC2(CCN2)C1)c1cccc(C#N)c1. The highest BCUT2D eigenvalue weighted by molar-refractivity contribution is 6.03. The minimum Gasteiger partial charge on any atom is -0.368 e. The largest absolute Gasteiger partial charge is 0.368 e. The Hall–Kier alpha value is -3.83. The van der Waals surface area contributed by atoms with E-state index in [1.165, 1.54) is 18.3 Å². The van der Waals surface area contributed by atoms with Gasteiger partial charge in [0.25, 0.3) is 5.91 Å². The molecule has 2 aliphatic heterocycles. The number of benzene rings is 2. The maximum atomic E-state index is 14.1. The molecule has 2 saturated heterocycles. The number of nitrogens with zero attached hydrogens (tertiary/aromatic N) is 3. The van der Waals surface area contributed by atoms with Crippen LogP contribution in [0.5, 0.6) is 0 Å². The van der Waals surface area contributed by atoms with E-state index in [2.05, 4.69) is 26.6 Å². The van der Waals surface area contributed by atoms with Gasteiger partial charge in [-0.15, -0.1) is 0 Å². The average molecular weight is 474 g/mol. The molecule has 1 aromatic heterocycles. The average Bonchev–Trinajstić information content (AvgIpc) is 3.29. The van der Waals surface area contributed by atoms with Crippen molar-refractivity contribution in [3.8, 4) is 17.2 Å². The Morgan fingerprint density at radius 2 is 1.97 bits per heavy atom. The van der Waals surface area contributed by atoms with Crippen molar-refractivity contribution in [3.63, 3.8) is 0 Å². The van der Waals surface area contributed by atoms with Gasteiger partial charge in [-0.2, -0.15) is 5.26 Å². The summed E-state index contributed by atoms with van der Waals surface area (Å²) in [6, 6.07) is 12.2. The van der Waals surface area contributed by atoms with E-state index in [-0.39, 0.29) is 17.5 Å². The Balaban J connectivity index is 1.53. The van der Waals surface area contributed by atoms with E-state index in [0.717, 1.165) is 31.0 Å². The summed E-state index contributed by atoms with van der Waals surface area (Å²) < 4.78 is 28.2. The lowest BCUT2D eigenvalue weighted by Gasteiger charge is -2.40. The Bertz CT molecular complexity index is 1310. The predicted molar refractivity (Wildman–Crippen MR) is 129 cm³/mol. The molecule has 0 saturated carbocycles. The summed E-state index contributed by atoms with van der Waals surface area (Å²) in [6.45, 7) is 4.21. The van der Waals surface area contributed by atoms with Gasteiger partial charge in [0.2, 0.25) is 0 Å². The molecule has 6 nitrogen and oxygen atoms in total. The molecule has 35 heavy (non-hydrogen) atoms. The highest BCUT2D eigenvalue weighted by Gasteiger charge is 2.43. The first kappa shape index (κ1) is 22.9. The standard InChI is InChI=1S/C27H25F2N5O/c1-17(19-4-2-3-18(9-19)13-30)33-26(35)24-15-31-14-23(20-10-21(28)12-22(29)11-20)25(24)34-8-6-27(16-34)5-7-32-27/h2-4,9-12,14-15,17,32H,5-8,16H2,1H3,(H,33,35)/t17-,27?/m1/s1. The van der Waals surface area contributed by atoms with Gasteiger partial charge in [-0.3, -0.25) is 9.78 Å². The molecule has 1 spiro atoms. The molecule has 1 unspecified atom stereocenters. The highest BCUT2D eigenvalue weighted by atomic mass is 19.1. The van der Waals surface area contributed by atoms with Crippen LogP contribution >= 0.6 is 0 Å². The monoisotopic (exact) mass is 473 g/mol. The van der Waals surface area contributed by atoms with Crippen LogP contribution in [-0.4, -0.2) is 36.1 Å². The van der Waals surface area contributed by atoms with E-state index < -0.39 is 11.6 Å². The second kappa shape index (κ2) is 9.08. The number of carbonyl (C=O) groups excluding carboxylic acids is 1. The Kier molecular flexibility index (Phi) is 5.95. The fourth-order valence-corrected chi connectivity index (χ4v) is 5.01. The van der Waals surface area contributed by atoms with Gasteiger partial charge in [0.15, 0.2) is 0 Å². The van der Waals surface area contributed by atoms with Gasteiger partial charge >= 0.3 is 0 Å². The van der Waals surface area contributed by atoms with E-state index in [1.54, 1.807) is 24.4 Å². The summed E-state index contributed by atoms with van der Waals surface area (Å²) in [5, 5.41) is 15.7. The fourth-order valence-electron chi connectivity index (χ4n) is 5.01. The second-order valence-corrected chi connectivity index (χ2v) is 9.30. The van der Waals surface area contributed by atoms with E-state index in [1.807, 2.05) is 13.0 Å². The molecule has 1 amide bonds. The quantitative estimate of drug-likeness (QED) is 0.577. The predicted octanol–water partition coefficient (Wildman–Crippen LogP) is 4.33. The van der Waals surface area contributed by atoms with Crippen molar-refractivity contribution in [3.05, 3.63) is 83.2 Å². The summed E-state index contributed by atoms with van der Waals surface area (Å²) in [6.07, 6.45) is 5.03. The molecule has 3 heterocycles. The number of anilines is 1. The van der Waals surface area contributed by atoms with Crippen molar-refractivity contribution in [2.75, 3.05) is 24.5 Å². The van der Waals surface area contributed by atoms with Gasteiger partial charge in [0.1, 0.15) is 11.6 Å². The molecule has 178 valence electrons. The fraction of sp³-hybridized carbons (Fsp3) is 0.296. The molecule has 2 aromatic carbocycles. The van der Waals surface area contributed by atoms with Gasteiger partial charge in [-0.1, -0.05) is 12.1 Å². The van der Waals surface area contributed by atoms with E-state index in [4.69, 9.17) is 0 Å². The number of nitrogens with one attached hydrogen (secondary N) is 2. The molecule has 0 bridgehead atoms. The first-order chi connectivity index (χ1) is 16.9. The lowest BCUT2D eigenvalue weighted by Crippen LogP contribution is -2.58. The normalized spacial score (nSPS) is 19.8. The van der Waals surface area contributed by atoms with Gasteiger partial charge in [-0.25, -0.2) is 8.78 Å². The molecule has 0 radical (unpaired) electrons. The Morgan fingerprint density at radius 3 is 2.63 bits per heavy atom. The molecule has 2 atom stereocenters. The van der Waals surface area contributed by atoms with Crippen LogP contribution in [0.25, 0.3) is 11.1 Å². The Labute approximate surface area is 202 Å². The first-order valence-electron chi connectivity index (χ1n) is 11.6. The third-order valence-corrected chi connectivity index (χ3v) is 6.97. The molecule has 8 heteroatoms. The van der Waals surface area contributed by atoms with Crippen molar-refractivity contribution in [1.82, 2.24) is 15.6 Å². The van der Waals surface area contributed by atoms with Gasteiger partial charge < -0.3 is 15.5 Å². The summed E-state index contributed by atoms with van der Waals surface area (Å²) in [5.74, 6) is -1.72. The molecule has 2 aliphatic rings. The molecule has 3 aromatic rings. The number of carbonyl (C=O) groups is 1. The lowest BCUT2D eigenvalue weighted by molar-refractivity contribution is 0.0940. The number of nitriles is 1. The third kappa shape index (κ3) is 4.47. The minimum absolute atomic E-state index is 0.00645. The molecule has 5 rings (SSSR count). The maximum Gasteiger partial charge on any atom is 0.255 e. The molecular formula is C27H25F2N5O. The van der Waals surface area contributed by atoms with Crippen LogP contribution in [0.4, 0.5) is 14.5 Å². The maximum absolute atomic E-state index is 14.1. The highest BCUT2D eigenvalue weighted by Crippen LogP contribution is 2.40. The van der Waals surface area contributed by atoms with Crippen molar-refractivity contribution in [1.29, 1.82) is 5.26 Å². The minimum atomic E-state index is -0.689. The van der Waals surface area contributed by atoms with Crippen LogP contribution < -0.4 is 15.5 Å². The van der Waals surface area contributed by atoms with Crippen LogP contribution in [0.3, 0.4) is 0 Å². The van der Waals surface area contributed by atoms with Gasteiger partial charge in [0, 0.05) is 42.7 Å². The first-order valence-corrected chi connectivity index (χ1v) is 11.6. The number of aromatic nitrogens is 1. The lowest BCUT2D eigenvalue weighted by atomic mass is 9.87. The third-order valence-electron chi connectivity index (χ3n) is 6.97. The zero-order valence-corrected chi connectivity index (χ0v) is 19.3. The van der Waals surface area contributed by atoms with Gasteiger partial charge in [-0.05, 0) is 61.7 Å². The Morgan fingerprint density at radius 1 is 1.20 bits per heavy atom. The van der Waals surface area contributed by atoms with Crippen LogP contribution in [0.1, 0.15) is 47.3 Å². The number of amides is 1. The van der Waals surface area contributed by atoms with E-state index in [9.17, 15) is 18.8 Å². The van der Waals surface area contributed by atoms with Crippen LogP contribution in [0, 0.1) is 23.0 Å². The topological polar surface area (TPSA) is 81.1 Å². The van der Waals surface area contributed by atoms with Gasteiger partial charge in [0.05, 0.1) is 28.9 Å². The number of rotatable bonds is 5. The zero-order valence-electron chi connectivity index (χ0n) is 19.3.